The van der Waals surface area contributed by atoms with Crippen molar-refractivity contribution in [1.82, 2.24) is 14.8 Å². The van der Waals surface area contributed by atoms with Gasteiger partial charge in [-0.1, -0.05) is 24.3 Å². The van der Waals surface area contributed by atoms with E-state index in [0.29, 0.717) is 0 Å². The van der Waals surface area contributed by atoms with Crippen molar-refractivity contribution in [2.45, 2.75) is 0 Å². The smallest absolute Gasteiger partial charge is 0.159 e. The van der Waals surface area contributed by atoms with Crippen molar-refractivity contribution >= 4 is 16.5 Å². The molecule has 0 aliphatic rings. The van der Waals surface area contributed by atoms with E-state index in [2.05, 4.69) is 22.2 Å². The van der Waals surface area contributed by atoms with E-state index in [1.54, 1.807) is 4.68 Å². The monoisotopic (exact) mass is 224 g/mol. The zero-order chi connectivity index (χ0) is 11.8. The molecule has 3 rings (SSSR count). The van der Waals surface area contributed by atoms with E-state index in [1.807, 2.05) is 31.3 Å². The second-order valence-corrected chi connectivity index (χ2v) is 3.99. The first-order valence-electron chi connectivity index (χ1n) is 5.38. The average Bonchev–Trinajstić information content (AvgIpc) is 2.74. The Morgan fingerprint density at radius 1 is 1.12 bits per heavy atom. The predicted molar refractivity (Wildman–Crippen MR) is 68.4 cm³/mol. The molecule has 0 spiro atoms. The Morgan fingerprint density at radius 2 is 1.82 bits per heavy atom. The second-order valence-electron chi connectivity index (χ2n) is 3.99. The van der Waals surface area contributed by atoms with Gasteiger partial charge in [-0.15, -0.1) is 0 Å². The van der Waals surface area contributed by atoms with Gasteiger partial charge in [0, 0.05) is 18.3 Å². The van der Waals surface area contributed by atoms with Crippen LogP contribution in [-0.4, -0.2) is 14.8 Å². The number of aromatic nitrogens is 3. The van der Waals surface area contributed by atoms with Crippen LogP contribution in [-0.2, 0) is 7.05 Å². The number of benzene rings is 2. The molecule has 0 radical (unpaired) electrons. The van der Waals surface area contributed by atoms with Crippen LogP contribution in [0, 0.1) is 0 Å². The fourth-order valence-electron chi connectivity index (χ4n) is 1.99. The zero-order valence-electron chi connectivity index (χ0n) is 9.46. The number of nitrogens with zero attached hydrogens (tertiary/aromatic N) is 3. The molecule has 4 nitrogen and oxygen atoms in total. The van der Waals surface area contributed by atoms with Crippen molar-refractivity contribution in [2.75, 3.05) is 5.73 Å². The van der Waals surface area contributed by atoms with Crippen LogP contribution < -0.4 is 5.73 Å². The molecule has 1 aromatic heterocycles. The van der Waals surface area contributed by atoms with E-state index in [4.69, 9.17) is 5.73 Å². The Morgan fingerprint density at radius 3 is 2.47 bits per heavy atom. The summed E-state index contributed by atoms with van der Waals surface area (Å²) in [5.74, 6) is 0.785. The van der Waals surface area contributed by atoms with Gasteiger partial charge in [-0.25, -0.2) is 9.67 Å². The summed E-state index contributed by atoms with van der Waals surface area (Å²) in [6.07, 6.45) is 1.53. The molecule has 0 fully saturated rings. The van der Waals surface area contributed by atoms with Gasteiger partial charge >= 0.3 is 0 Å². The Hall–Kier alpha value is -2.36. The highest BCUT2D eigenvalue weighted by molar-refractivity contribution is 5.92. The highest BCUT2D eigenvalue weighted by Crippen LogP contribution is 2.28. The molecule has 84 valence electrons. The van der Waals surface area contributed by atoms with Gasteiger partial charge in [-0.2, -0.15) is 5.10 Å². The predicted octanol–water partition coefficient (Wildman–Crippen LogP) is 2.22. The summed E-state index contributed by atoms with van der Waals surface area (Å²) in [6, 6.07) is 12.2. The second kappa shape index (κ2) is 3.59. The van der Waals surface area contributed by atoms with Crippen LogP contribution in [0.1, 0.15) is 0 Å². The van der Waals surface area contributed by atoms with Crippen molar-refractivity contribution < 1.29 is 0 Å². The third-order valence-corrected chi connectivity index (χ3v) is 2.87. The van der Waals surface area contributed by atoms with Crippen LogP contribution in [0.4, 0.5) is 5.69 Å². The van der Waals surface area contributed by atoms with E-state index in [9.17, 15) is 0 Å². The van der Waals surface area contributed by atoms with E-state index in [0.717, 1.165) is 27.8 Å². The number of rotatable bonds is 1. The maximum Gasteiger partial charge on any atom is 0.159 e. The summed E-state index contributed by atoms with van der Waals surface area (Å²) in [6.45, 7) is 0. The number of anilines is 1. The van der Waals surface area contributed by atoms with E-state index in [-0.39, 0.29) is 0 Å². The molecule has 0 saturated carbocycles. The van der Waals surface area contributed by atoms with Crippen molar-refractivity contribution in [3.63, 3.8) is 0 Å². The van der Waals surface area contributed by atoms with Crippen LogP contribution in [0.5, 0.6) is 0 Å². The molecule has 0 amide bonds. The van der Waals surface area contributed by atoms with E-state index in [1.165, 1.54) is 6.33 Å². The first kappa shape index (κ1) is 9.84. The van der Waals surface area contributed by atoms with Crippen LogP contribution in [0.15, 0.2) is 42.7 Å². The summed E-state index contributed by atoms with van der Waals surface area (Å²) in [4.78, 5) is 4.23. The SMILES string of the molecule is Cn1ncnc1-c1cc2ccccc2cc1N. The summed E-state index contributed by atoms with van der Waals surface area (Å²) in [5, 5.41) is 6.35. The fraction of sp³-hybridized carbons (Fsp3) is 0.0769. The number of aryl methyl sites for hydroxylation is 1. The van der Waals surface area contributed by atoms with Gasteiger partial charge in [-0.3, -0.25) is 0 Å². The first-order valence-corrected chi connectivity index (χ1v) is 5.38. The fourth-order valence-corrected chi connectivity index (χ4v) is 1.99. The quantitative estimate of drug-likeness (QED) is 0.645. The Bertz CT molecular complexity index is 685. The average molecular weight is 224 g/mol. The molecule has 0 saturated heterocycles. The van der Waals surface area contributed by atoms with Crippen molar-refractivity contribution in [2.24, 2.45) is 7.05 Å². The number of hydrogen-bond donors (Lipinski definition) is 1. The molecule has 17 heavy (non-hydrogen) atoms. The lowest BCUT2D eigenvalue weighted by atomic mass is 10.0. The lowest BCUT2D eigenvalue weighted by Gasteiger charge is -2.07. The standard InChI is InChI=1S/C13H12N4/c1-17-13(15-8-16-17)11-6-9-4-2-3-5-10(9)7-12(11)14/h2-8H,14H2,1H3. The third kappa shape index (κ3) is 1.54. The molecule has 0 bridgehead atoms. The van der Waals surface area contributed by atoms with Gasteiger partial charge in [0.15, 0.2) is 5.82 Å². The molecule has 0 atom stereocenters. The minimum Gasteiger partial charge on any atom is -0.398 e. The number of hydrogen-bond acceptors (Lipinski definition) is 3. The van der Waals surface area contributed by atoms with Crippen LogP contribution in [0.3, 0.4) is 0 Å². The molecule has 2 N–H and O–H groups in total. The van der Waals surface area contributed by atoms with Gasteiger partial charge < -0.3 is 5.73 Å². The molecular weight excluding hydrogens is 212 g/mol. The molecule has 1 heterocycles. The zero-order valence-corrected chi connectivity index (χ0v) is 9.46. The molecule has 2 aromatic carbocycles. The number of fused-ring (bicyclic) bond motifs is 1. The first-order chi connectivity index (χ1) is 8.25. The van der Waals surface area contributed by atoms with E-state index < -0.39 is 0 Å². The molecular formula is C13H12N4. The molecule has 0 aliphatic heterocycles. The van der Waals surface area contributed by atoms with Gasteiger partial charge in [0.1, 0.15) is 6.33 Å². The minimum atomic E-state index is 0.722. The maximum absolute atomic E-state index is 6.07. The largest absolute Gasteiger partial charge is 0.398 e. The Labute approximate surface area is 98.7 Å². The van der Waals surface area contributed by atoms with Gasteiger partial charge in [0.25, 0.3) is 0 Å². The van der Waals surface area contributed by atoms with Crippen molar-refractivity contribution in [3.8, 4) is 11.4 Å². The Balaban J connectivity index is 2.30. The van der Waals surface area contributed by atoms with Gasteiger partial charge in [-0.05, 0) is 22.9 Å². The normalized spacial score (nSPS) is 10.9. The highest BCUT2D eigenvalue weighted by atomic mass is 15.3. The topological polar surface area (TPSA) is 56.7 Å². The van der Waals surface area contributed by atoms with Gasteiger partial charge in [0.05, 0.1) is 0 Å². The summed E-state index contributed by atoms with van der Waals surface area (Å²) in [7, 11) is 1.86. The minimum absolute atomic E-state index is 0.722. The lowest BCUT2D eigenvalue weighted by Crippen LogP contribution is -1.98. The van der Waals surface area contributed by atoms with Crippen LogP contribution in [0.2, 0.25) is 0 Å². The summed E-state index contributed by atoms with van der Waals surface area (Å²) in [5.41, 5.74) is 7.71. The molecule has 3 aromatic rings. The molecule has 4 heteroatoms. The number of nitrogens with two attached hydrogens (primary N) is 1. The molecule has 0 unspecified atom stereocenters. The van der Waals surface area contributed by atoms with Crippen LogP contribution in [0.25, 0.3) is 22.2 Å². The van der Waals surface area contributed by atoms with Crippen LogP contribution >= 0.6 is 0 Å². The summed E-state index contributed by atoms with van der Waals surface area (Å²) >= 11 is 0. The number of nitrogen functional groups attached to an aromatic ring is 1. The van der Waals surface area contributed by atoms with Crippen molar-refractivity contribution in [3.05, 3.63) is 42.7 Å². The highest BCUT2D eigenvalue weighted by Gasteiger charge is 2.09. The maximum atomic E-state index is 6.07. The van der Waals surface area contributed by atoms with Crippen molar-refractivity contribution in [1.29, 1.82) is 0 Å². The lowest BCUT2D eigenvalue weighted by molar-refractivity contribution is 0.775. The summed E-state index contributed by atoms with van der Waals surface area (Å²) < 4.78 is 1.72. The molecule has 0 aliphatic carbocycles. The van der Waals surface area contributed by atoms with E-state index >= 15 is 0 Å². The Kier molecular flexibility index (Phi) is 2.08. The van der Waals surface area contributed by atoms with Gasteiger partial charge in [0.2, 0.25) is 0 Å². The third-order valence-electron chi connectivity index (χ3n) is 2.87.